The van der Waals surface area contributed by atoms with Gasteiger partial charge in [-0.2, -0.15) is 0 Å². The van der Waals surface area contributed by atoms with Crippen molar-refractivity contribution in [1.82, 2.24) is 0 Å². The Morgan fingerprint density at radius 1 is 1.33 bits per heavy atom. The molecule has 0 fully saturated rings. The Kier molecular flexibility index (Phi) is 2.71. The van der Waals surface area contributed by atoms with Crippen LogP contribution in [0, 0.1) is 17.0 Å². The number of phenolic OH excluding ortho intramolecular Hbond substituents is 1. The van der Waals surface area contributed by atoms with Crippen LogP contribution >= 0.6 is 0 Å². The highest BCUT2D eigenvalue weighted by molar-refractivity contribution is 5.52. The first-order chi connectivity index (χ1) is 6.73. The molecule has 0 aliphatic rings. The molecule has 0 unspecified atom stereocenters. The Morgan fingerprint density at radius 3 is 2.27 bits per heavy atom. The summed E-state index contributed by atoms with van der Waals surface area (Å²) in [6.07, 6.45) is 0. The van der Waals surface area contributed by atoms with Gasteiger partial charge in [0.1, 0.15) is 5.75 Å². The van der Waals surface area contributed by atoms with Crippen molar-refractivity contribution < 1.29 is 10.0 Å². The summed E-state index contributed by atoms with van der Waals surface area (Å²) in [6.45, 7) is 7.38. The van der Waals surface area contributed by atoms with E-state index in [1.807, 2.05) is 20.8 Å². The molecule has 0 saturated carbocycles. The smallest absolute Gasteiger partial charge is 0.276 e. The Hall–Kier alpha value is -1.58. The van der Waals surface area contributed by atoms with E-state index in [1.54, 1.807) is 13.0 Å². The lowest BCUT2D eigenvalue weighted by Crippen LogP contribution is -2.11. The highest BCUT2D eigenvalue weighted by atomic mass is 16.6. The van der Waals surface area contributed by atoms with Crippen molar-refractivity contribution in [3.8, 4) is 5.75 Å². The normalized spacial score (nSPS) is 11.5. The summed E-state index contributed by atoms with van der Waals surface area (Å²) in [5.41, 5.74) is 0.834. The van der Waals surface area contributed by atoms with Gasteiger partial charge in [0.15, 0.2) is 0 Å². The number of benzene rings is 1. The average molecular weight is 209 g/mol. The molecule has 0 radical (unpaired) electrons. The van der Waals surface area contributed by atoms with E-state index in [9.17, 15) is 15.2 Å². The van der Waals surface area contributed by atoms with E-state index in [0.717, 1.165) is 5.56 Å². The molecule has 1 aromatic rings. The van der Waals surface area contributed by atoms with E-state index in [1.165, 1.54) is 6.07 Å². The summed E-state index contributed by atoms with van der Waals surface area (Å²) in [5, 5.41) is 20.3. The zero-order chi connectivity index (χ0) is 11.8. The van der Waals surface area contributed by atoms with Crippen molar-refractivity contribution >= 4 is 5.69 Å². The van der Waals surface area contributed by atoms with Crippen LogP contribution < -0.4 is 0 Å². The van der Waals surface area contributed by atoms with Crippen LogP contribution in [0.5, 0.6) is 5.75 Å². The van der Waals surface area contributed by atoms with E-state index in [0.29, 0.717) is 5.56 Å². The van der Waals surface area contributed by atoms with Crippen LogP contribution in [0.25, 0.3) is 0 Å². The second-order valence-electron chi connectivity index (χ2n) is 4.65. The number of phenols is 1. The van der Waals surface area contributed by atoms with Crippen molar-refractivity contribution in [3.63, 3.8) is 0 Å². The predicted octanol–water partition coefficient (Wildman–Crippen LogP) is 2.91. The first-order valence-corrected chi connectivity index (χ1v) is 4.72. The van der Waals surface area contributed by atoms with Crippen molar-refractivity contribution in [2.75, 3.05) is 0 Å². The Labute approximate surface area is 88.7 Å². The van der Waals surface area contributed by atoms with Crippen LogP contribution in [0.3, 0.4) is 0 Å². The summed E-state index contributed by atoms with van der Waals surface area (Å²) in [5.74, 6) is -0.0193. The van der Waals surface area contributed by atoms with Gasteiger partial charge >= 0.3 is 0 Å². The predicted molar refractivity (Wildman–Crippen MR) is 58.2 cm³/mol. The second kappa shape index (κ2) is 3.53. The summed E-state index contributed by atoms with van der Waals surface area (Å²) in [7, 11) is 0. The number of hydrogen-bond acceptors (Lipinski definition) is 3. The van der Waals surface area contributed by atoms with E-state index in [2.05, 4.69) is 0 Å². The lowest BCUT2D eigenvalue weighted by molar-refractivity contribution is -0.385. The third kappa shape index (κ3) is 2.26. The van der Waals surface area contributed by atoms with Crippen molar-refractivity contribution in [2.24, 2.45) is 0 Å². The van der Waals surface area contributed by atoms with Gasteiger partial charge in [-0.05, 0) is 24.0 Å². The number of hydrogen-bond donors (Lipinski definition) is 1. The molecule has 1 N–H and O–H groups in total. The standard InChI is InChI=1S/C11H15NO3/c1-7-9(12(14)15)5-8(6-10(7)13)11(2,3)4/h5-6,13H,1-4H3. The monoisotopic (exact) mass is 209 g/mol. The Bertz CT molecular complexity index is 405. The molecule has 1 aromatic carbocycles. The minimum absolute atomic E-state index is 0.0193. The molecule has 0 aliphatic carbocycles. The highest BCUT2D eigenvalue weighted by Gasteiger charge is 2.21. The van der Waals surface area contributed by atoms with Crippen LogP contribution in [-0.4, -0.2) is 10.0 Å². The minimum atomic E-state index is -0.468. The Morgan fingerprint density at radius 2 is 1.87 bits per heavy atom. The zero-order valence-corrected chi connectivity index (χ0v) is 9.37. The van der Waals surface area contributed by atoms with Gasteiger partial charge < -0.3 is 5.11 Å². The summed E-state index contributed by atoms with van der Waals surface area (Å²) in [6, 6.07) is 3.11. The fourth-order valence-corrected chi connectivity index (χ4v) is 1.31. The Balaban J connectivity index is 3.43. The van der Waals surface area contributed by atoms with Gasteiger partial charge in [0.2, 0.25) is 0 Å². The third-order valence-corrected chi connectivity index (χ3v) is 2.42. The highest BCUT2D eigenvalue weighted by Crippen LogP contribution is 2.33. The van der Waals surface area contributed by atoms with E-state index in [-0.39, 0.29) is 16.9 Å². The van der Waals surface area contributed by atoms with Gasteiger partial charge in [-0.15, -0.1) is 0 Å². The van der Waals surface area contributed by atoms with Crippen LogP contribution in [0.2, 0.25) is 0 Å². The van der Waals surface area contributed by atoms with Crippen molar-refractivity contribution in [1.29, 1.82) is 0 Å². The average Bonchev–Trinajstić information content (AvgIpc) is 2.06. The molecule has 4 heteroatoms. The number of nitro benzene ring substituents is 1. The fourth-order valence-electron chi connectivity index (χ4n) is 1.31. The van der Waals surface area contributed by atoms with Crippen LogP contribution in [0.1, 0.15) is 31.9 Å². The van der Waals surface area contributed by atoms with E-state index < -0.39 is 4.92 Å². The summed E-state index contributed by atoms with van der Waals surface area (Å²) in [4.78, 5) is 10.3. The minimum Gasteiger partial charge on any atom is -0.507 e. The van der Waals surface area contributed by atoms with Gasteiger partial charge in [0.05, 0.1) is 10.5 Å². The molecule has 0 aliphatic heterocycles. The SMILES string of the molecule is Cc1c(O)cc(C(C)(C)C)cc1[N+](=O)[O-]. The number of aromatic hydroxyl groups is 1. The first-order valence-electron chi connectivity index (χ1n) is 4.72. The first kappa shape index (κ1) is 11.5. The van der Waals surface area contributed by atoms with Gasteiger partial charge in [-0.25, -0.2) is 0 Å². The molecule has 0 heterocycles. The molecule has 82 valence electrons. The van der Waals surface area contributed by atoms with Crippen LogP contribution in [0.15, 0.2) is 12.1 Å². The van der Waals surface area contributed by atoms with Crippen molar-refractivity contribution in [2.45, 2.75) is 33.1 Å². The maximum absolute atomic E-state index is 10.7. The maximum atomic E-state index is 10.7. The molecule has 0 amide bonds. The molecule has 4 nitrogen and oxygen atoms in total. The number of rotatable bonds is 1. The lowest BCUT2D eigenvalue weighted by Gasteiger charge is -2.19. The zero-order valence-electron chi connectivity index (χ0n) is 9.37. The molecule has 0 bridgehead atoms. The van der Waals surface area contributed by atoms with Gasteiger partial charge in [-0.1, -0.05) is 20.8 Å². The second-order valence-corrected chi connectivity index (χ2v) is 4.65. The molecule has 0 aromatic heterocycles. The largest absolute Gasteiger partial charge is 0.507 e. The molecule has 1 rings (SSSR count). The van der Waals surface area contributed by atoms with E-state index >= 15 is 0 Å². The third-order valence-electron chi connectivity index (χ3n) is 2.42. The van der Waals surface area contributed by atoms with E-state index in [4.69, 9.17) is 0 Å². The van der Waals surface area contributed by atoms with Crippen molar-refractivity contribution in [3.05, 3.63) is 33.4 Å². The van der Waals surface area contributed by atoms with Crippen LogP contribution in [-0.2, 0) is 5.41 Å². The lowest BCUT2D eigenvalue weighted by atomic mass is 9.86. The molecule has 0 spiro atoms. The van der Waals surface area contributed by atoms with Gasteiger partial charge in [0, 0.05) is 6.07 Å². The topological polar surface area (TPSA) is 63.4 Å². The molecular weight excluding hydrogens is 194 g/mol. The molecule has 0 atom stereocenters. The quantitative estimate of drug-likeness (QED) is 0.571. The number of nitro groups is 1. The molecule has 15 heavy (non-hydrogen) atoms. The summed E-state index contributed by atoms with van der Waals surface area (Å²) >= 11 is 0. The van der Waals surface area contributed by atoms with Gasteiger partial charge in [-0.3, -0.25) is 10.1 Å². The number of nitrogens with zero attached hydrogens (tertiary/aromatic N) is 1. The molecule has 0 saturated heterocycles. The van der Waals surface area contributed by atoms with Gasteiger partial charge in [0.25, 0.3) is 5.69 Å². The molecular formula is C11H15NO3. The fraction of sp³-hybridized carbons (Fsp3) is 0.455. The van der Waals surface area contributed by atoms with Crippen LogP contribution in [0.4, 0.5) is 5.69 Å². The maximum Gasteiger partial charge on any atom is 0.276 e. The summed E-state index contributed by atoms with van der Waals surface area (Å²) < 4.78 is 0.